The molecule has 3 aromatic rings. The molecule has 2 heterocycles. The largest absolute Gasteiger partial charge is 0.493 e. The Hall–Kier alpha value is -3.13. The first-order valence-electron chi connectivity index (χ1n) is 12.4. The highest BCUT2D eigenvalue weighted by atomic mass is 32.2. The number of rotatable bonds is 12. The molecule has 1 aromatic heterocycles. The number of hydrogen-bond acceptors (Lipinski definition) is 10. The average Bonchev–Trinajstić information content (AvgIpc) is 3.50. The smallest absolute Gasteiger partial charge is 0.266 e. The summed E-state index contributed by atoms with van der Waals surface area (Å²) in [7, 11) is 3.13. The van der Waals surface area contributed by atoms with Gasteiger partial charge in [0.15, 0.2) is 15.8 Å². The highest BCUT2D eigenvalue weighted by molar-refractivity contribution is 8.26. The lowest BCUT2D eigenvalue weighted by molar-refractivity contribution is -0.127. The lowest BCUT2D eigenvalue weighted by Gasteiger charge is -2.14. The van der Waals surface area contributed by atoms with E-state index in [-0.39, 0.29) is 29.9 Å². The molecular weight excluding hydrogens is 589 g/mol. The summed E-state index contributed by atoms with van der Waals surface area (Å²) in [4.78, 5) is 43.7. The molecule has 1 aliphatic heterocycles. The second kappa shape index (κ2) is 14.5. The number of hydrogen-bond donors (Lipinski definition) is 2. The normalized spacial score (nSPS) is 14.2. The number of thioether (sulfide) groups is 2. The predicted octanol–water partition coefficient (Wildman–Crippen LogP) is 5.01. The molecule has 3 amide bonds. The molecule has 0 saturated carbocycles. The zero-order valence-electron chi connectivity index (χ0n) is 21.9. The van der Waals surface area contributed by atoms with E-state index in [1.54, 1.807) is 37.3 Å². The third-order valence-electron chi connectivity index (χ3n) is 5.81. The molecule has 13 heteroatoms. The number of amides is 3. The van der Waals surface area contributed by atoms with Gasteiger partial charge >= 0.3 is 0 Å². The molecule has 1 fully saturated rings. The van der Waals surface area contributed by atoms with Gasteiger partial charge in [-0.25, -0.2) is 4.98 Å². The SMILES string of the molecule is COc1ccc(C=C2SC(=S)N(CCCCCC(=O)NNC(=O)CSc3nc4ccccc4s3)C2=O)cc1OC. The van der Waals surface area contributed by atoms with E-state index in [1.807, 2.05) is 30.3 Å². The van der Waals surface area contributed by atoms with Crippen molar-refractivity contribution in [3.63, 3.8) is 0 Å². The van der Waals surface area contributed by atoms with E-state index < -0.39 is 0 Å². The van der Waals surface area contributed by atoms with Crippen LogP contribution in [0.15, 0.2) is 51.7 Å². The van der Waals surface area contributed by atoms with E-state index in [0.29, 0.717) is 40.1 Å². The molecule has 0 atom stereocenters. The number of carbonyl (C=O) groups is 3. The number of hydrazine groups is 1. The van der Waals surface area contributed by atoms with Crippen molar-refractivity contribution in [2.24, 2.45) is 0 Å². The summed E-state index contributed by atoms with van der Waals surface area (Å²) in [5, 5.41) is 0. The van der Waals surface area contributed by atoms with Crippen LogP contribution in [-0.4, -0.2) is 58.4 Å². The Morgan fingerprint density at radius 3 is 2.60 bits per heavy atom. The van der Waals surface area contributed by atoms with E-state index >= 15 is 0 Å². The van der Waals surface area contributed by atoms with Gasteiger partial charge in [0, 0.05) is 13.0 Å². The van der Waals surface area contributed by atoms with Crippen LogP contribution in [0.4, 0.5) is 0 Å². The van der Waals surface area contributed by atoms with Gasteiger partial charge in [-0.15, -0.1) is 11.3 Å². The maximum Gasteiger partial charge on any atom is 0.266 e. The fourth-order valence-corrected chi connectivity index (χ4v) is 6.97. The summed E-state index contributed by atoms with van der Waals surface area (Å²) in [6, 6.07) is 13.2. The second-order valence-electron chi connectivity index (χ2n) is 8.59. The summed E-state index contributed by atoms with van der Waals surface area (Å²) in [6.07, 6.45) is 4.12. The topological polar surface area (TPSA) is 110 Å². The third-order valence-corrected chi connectivity index (χ3v) is 9.36. The lowest BCUT2D eigenvalue weighted by Crippen LogP contribution is -2.42. The average molecular weight is 617 g/mol. The van der Waals surface area contributed by atoms with Crippen molar-refractivity contribution in [1.29, 1.82) is 0 Å². The van der Waals surface area contributed by atoms with Crippen LogP contribution < -0.4 is 20.3 Å². The quantitative estimate of drug-likeness (QED) is 0.0954. The molecule has 1 saturated heterocycles. The highest BCUT2D eigenvalue weighted by Gasteiger charge is 2.31. The number of unbranched alkanes of at least 4 members (excludes halogenated alkanes) is 2. The second-order valence-corrected chi connectivity index (χ2v) is 12.5. The Kier molecular flexibility index (Phi) is 10.8. The van der Waals surface area contributed by atoms with Gasteiger partial charge in [0.25, 0.3) is 5.91 Å². The maximum atomic E-state index is 12.9. The van der Waals surface area contributed by atoms with Crippen LogP contribution in [0.1, 0.15) is 31.2 Å². The number of nitrogens with zero attached hydrogens (tertiary/aromatic N) is 2. The standard InChI is InChI=1S/C27H28N4O5S4/c1-35-19-12-11-17(14-20(19)36-2)15-22-25(34)31(27(37)40-22)13-7-3-4-10-23(32)29-30-24(33)16-38-26-28-18-8-5-6-9-21(18)39-26/h5-6,8-9,11-12,14-15H,3-4,7,10,13,16H2,1-2H3,(H,29,32)(H,30,33). The fourth-order valence-electron chi connectivity index (χ4n) is 3.80. The van der Waals surface area contributed by atoms with Crippen molar-refractivity contribution >= 4 is 85.4 Å². The van der Waals surface area contributed by atoms with Gasteiger partial charge < -0.3 is 9.47 Å². The van der Waals surface area contributed by atoms with Crippen molar-refractivity contribution in [2.45, 2.75) is 30.0 Å². The lowest BCUT2D eigenvalue weighted by atomic mass is 10.1. The van der Waals surface area contributed by atoms with Crippen molar-refractivity contribution in [3.05, 3.63) is 52.9 Å². The van der Waals surface area contributed by atoms with Gasteiger partial charge in [-0.1, -0.05) is 60.4 Å². The minimum absolute atomic E-state index is 0.131. The predicted molar refractivity (Wildman–Crippen MR) is 165 cm³/mol. The number of benzene rings is 2. The van der Waals surface area contributed by atoms with Crippen molar-refractivity contribution in [2.75, 3.05) is 26.5 Å². The first-order chi connectivity index (χ1) is 19.4. The molecule has 2 N–H and O–H groups in total. The number of thiocarbonyl (C=S) groups is 1. The van der Waals surface area contributed by atoms with Gasteiger partial charge in [0.2, 0.25) is 11.8 Å². The Balaban J connectivity index is 1.13. The van der Waals surface area contributed by atoms with Crippen molar-refractivity contribution in [1.82, 2.24) is 20.7 Å². The molecule has 210 valence electrons. The molecule has 0 unspecified atom stereocenters. The number of nitrogens with one attached hydrogen (secondary N) is 2. The van der Waals surface area contributed by atoms with E-state index in [0.717, 1.165) is 26.5 Å². The van der Waals surface area contributed by atoms with Crippen LogP contribution in [0.5, 0.6) is 11.5 Å². The van der Waals surface area contributed by atoms with Crippen LogP contribution >= 0.6 is 47.1 Å². The van der Waals surface area contributed by atoms with Crippen molar-refractivity contribution < 1.29 is 23.9 Å². The molecule has 4 rings (SSSR count). The molecule has 9 nitrogen and oxygen atoms in total. The van der Waals surface area contributed by atoms with Crippen LogP contribution in [0.2, 0.25) is 0 Å². The molecular formula is C27H28N4O5S4. The summed E-state index contributed by atoms with van der Waals surface area (Å²) in [6.45, 7) is 0.481. The molecule has 2 aromatic carbocycles. The van der Waals surface area contributed by atoms with Gasteiger partial charge in [-0.3, -0.25) is 30.1 Å². The number of aromatic nitrogens is 1. The first kappa shape index (κ1) is 29.8. The summed E-state index contributed by atoms with van der Waals surface area (Å²) < 4.78 is 13.0. The van der Waals surface area contributed by atoms with Crippen LogP contribution in [0.3, 0.4) is 0 Å². The fraction of sp³-hybridized carbons (Fsp3) is 0.296. The number of methoxy groups -OCH3 is 2. The summed E-state index contributed by atoms with van der Waals surface area (Å²) in [5.41, 5.74) is 6.62. The highest BCUT2D eigenvalue weighted by Crippen LogP contribution is 2.35. The molecule has 0 radical (unpaired) electrons. The van der Waals surface area contributed by atoms with Gasteiger partial charge in [-0.2, -0.15) is 0 Å². The molecule has 0 bridgehead atoms. The van der Waals surface area contributed by atoms with Gasteiger partial charge in [-0.05, 0) is 48.7 Å². The third kappa shape index (κ3) is 7.96. The molecule has 40 heavy (non-hydrogen) atoms. The monoisotopic (exact) mass is 616 g/mol. The number of fused-ring (bicyclic) bond motifs is 1. The minimum Gasteiger partial charge on any atom is -0.493 e. The Labute approximate surface area is 250 Å². The van der Waals surface area contributed by atoms with Gasteiger partial charge in [0.05, 0.1) is 35.1 Å². The van der Waals surface area contributed by atoms with Crippen LogP contribution in [0, 0.1) is 0 Å². The Morgan fingerprint density at radius 2 is 1.82 bits per heavy atom. The van der Waals surface area contributed by atoms with E-state index in [2.05, 4.69) is 15.8 Å². The van der Waals surface area contributed by atoms with Crippen LogP contribution in [0.25, 0.3) is 16.3 Å². The molecule has 0 spiro atoms. The Morgan fingerprint density at radius 1 is 1.05 bits per heavy atom. The minimum atomic E-state index is -0.298. The number of thiazole rings is 1. The maximum absolute atomic E-state index is 12.9. The van der Waals surface area contributed by atoms with E-state index in [1.165, 1.54) is 34.9 Å². The number of ether oxygens (including phenoxy) is 2. The van der Waals surface area contributed by atoms with Gasteiger partial charge in [0.1, 0.15) is 4.32 Å². The molecule has 0 aliphatic carbocycles. The zero-order chi connectivity index (χ0) is 28.5. The number of para-hydroxylation sites is 1. The summed E-state index contributed by atoms with van der Waals surface area (Å²) >= 11 is 9.55. The molecule has 1 aliphatic rings. The van der Waals surface area contributed by atoms with Crippen molar-refractivity contribution in [3.8, 4) is 11.5 Å². The number of carbonyl (C=O) groups excluding carboxylic acids is 3. The Bertz CT molecular complexity index is 1410. The summed E-state index contributed by atoms with van der Waals surface area (Å²) in [5.74, 6) is 0.662. The van der Waals surface area contributed by atoms with Crippen LogP contribution in [-0.2, 0) is 14.4 Å². The van der Waals surface area contributed by atoms with E-state index in [4.69, 9.17) is 21.7 Å². The zero-order valence-corrected chi connectivity index (χ0v) is 25.2. The van der Waals surface area contributed by atoms with E-state index in [9.17, 15) is 14.4 Å². The first-order valence-corrected chi connectivity index (χ1v) is 15.4.